The summed E-state index contributed by atoms with van der Waals surface area (Å²) in [4.78, 5) is 13.7. The number of hydrogen-bond acceptors (Lipinski definition) is 5. The number of aliphatic hydroxyl groups is 2. The number of anilines is 1. The Hall–Kier alpha value is -2.41. The third kappa shape index (κ3) is 3.83. The monoisotopic (exact) mass is 408 g/mol. The summed E-state index contributed by atoms with van der Waals surface area (Å²) in [5, 5.41) is 24.8. The zero-order valence-corrected chi connectivity index (χ0v) is 17.0. The number of carbonyl (C=O) groups is 1. The van der Waals surface area contributed by atoms with E-state index in [9.17, 15) is 15.0 Å². The van der Waals surface area contributed by atoms with Crippen molar-refractivity contribution < 1.29 is 19.7 Å². The number of nitrogens with one attached hydrogen (secondary N) is 1. The largest absolute Gasteiger partial charge is 0.490 e. The maximum atomic E-state index is 11.5. The van der Waals surface area contributed by atoms with E-state index in [-0.39, 0.29) is 17.9 Å². The van der Waals surface area contributed by atoms with Gasteiger partial charge in [0.05, 0.1) is 11.7 Å². The highest BCUT2D eigenvalue weighted by Crippen LogP contribution is 2.43. The van der Waals surface area contributed by atoms with Crippen molar-refractivity contribution in [2.45, 2.75) is 43.5 Å². The van der Waals surface area contributed by atoms with E-state index in [0.717, 1.165) is 35.5 Å². The summed E-state index contributed by atoms with van der Waals surface area (Å²) < 4.78 is 6.07. The molecule has 2 heterocycles. The molecule has 0 bridgehead atoms. The zero-order valence-electron chi connectivity index (χ0n) is 17.0. The number of ether oxygens (including phenoxy) is 1. The van der Waals surface area contributed by atoms with Crippen LogP contribution in [0.2, 0.25) is 0 Å². The van der Waals surface area contributed by atoms with Crippen LogP contribution in [-0.4, -0.2) is 52.4 Å². The first-order chi connectivity index (χ1) is 14.5. The number of likely N-dealkylation sites (tertiary alicyclic amines) is 1. The van der Waals surface area contributed by atoms with E-state index in [2.05, 4.69) is 10.2 Å². The van der Waals surface area contributed by atoms with E-state index >= 15 is 0 Å². The maximum absolute atomic E-state index is 11.5. The van der Waals surface area contributed by atoms with Crippen LogP contribution >= 0.6 is 0 Å². The molecule has 0 aromatic heterocycles. The summed E-state index contributed by atoms with van der Waals surface area (Å²) in [7, 11) is 0. The van der Waals surface area contributed by atoms with Crippen molar-refractivity contribution in [2.75, 3.05) is 25.0 Å². The molecule has 1 aliphatic carbocycles. The quantitative estimate of drug-likeness (QED) is 0.708. The van der Waals surface area contributed by atoms with Gasteiger partial charge in [-0.3, -0.25) is 9.69 Å². The van der Waals surface area contributed by atoms with Gasteiger partial charge in [0.2, 0.25) is 5.91 Å². The second kappa shape index (κ2) is 7.69. The molecule has 5 rings (SSSR count). The molecule has 1 saturated carbocycles. The fraction of sp³-hybridized carbons (Fsp3) is 0.458. The highest BCUT2D eigenvalue weighted by molar-refractivity contribution is 5.93. The number of fused-ring (bicyclic) bond motifs is 2. The summed E-state index contributed by atoms with van der Waals surface area (Å²) in [6, 6.07) is 15.5. The Morgan fingerprint density at radius 3 is 2.83 bits per heavy atom. The highest BCUT2D eigenvalue weighted by Gasteiger charge is 2.52. The lowest BCUT2D eigenvalue weighted by Crippen LogP contribution is -2.36. The number of nitrogens with zero attached hydrogens (tertiary/aromatic N) is 1. The van der Waals surface area contributed by atoms with E-state index in [4.69, 9.17) is 4.74 Å². The summed E-state index contributed by atoms with van der Waals surface area (Å²) in [6.07, 6.45) is 2.06. The van der Waals surface area contributed by atoms with Crippen molar-refractivity contribution in [3.8, 4) is 5.75 Å². The van der Waals surface area contributed by atoms with Crippen molar-refractivity contribution in [1.82, 2.24) is 4.90 Å². The van der Waals surface area contributed by atoms with Crippen molar-refractivity contribution in [1.29, 1.82) is 0 Å². The van der Waals surface area contributed by atoms with Crippen LogP contribution in [-0.2, 0) is 11.2 Å². The van der Waals surface area contributed by atoms with Gasteiger partial charge in [-0.25, -0.2) is 0 Å². The lowest BCUT2D eigenvalue weighted by molar-refractivity contribution is -0.116. The van der Waals surface area contributed by atoms with Gasteiger partial charge in [-0.05, 0) is 42.2 Å². The molecule has 2 aliphatic heterocycles. The van der Waals surface area contributed by atoms with Gasteiger partial charge >= 0.3 is 0 Å². The second-order valence-electron chi connectivity index (χ2n) is 8.97. The second-order valence-corrected chi connectivity index (χ2v) is 8.97. The number of hydrogen-bond donors (Lipinski definition) is 3. The number of amides is 1. The third-order valence-electron chi connectivity index (χ3n) is 6.75. The average molecular weight is 408 g/mol. The molecule has 3 aliphatic rings. The summed E-state index contributed by atoms with van der Waals surface area (Å²) in [5.41, 5.74) is 2.03. The highest BCUT2D eigenvalue weighted by atomic mass is 16.5. The van der Waals surface area contributed by atoms with Crippen molar-refractivity contribution in [2.24, 2.45) is 5.92 Å². The van der Waals surface area contributed by atoms with Crippen molar-refractivity contribution in [3.63, 3.8) is 0 Å². The number of aliphatic hydroxyl groups excluding tert-OH is 1. The molecule has 0 unspecified atom stereocenters. The van der Waals surface area contributed by atoms with Gasteiger partial charge in [0.1, 0.15) is 11.9 Å². The molecular weight excluding hydrogens is 380 g/mol. The lowest BCUT2D eigenvalue weighted by Gasteiger charge is -2.25. The first kappa shape index (κ1) is 19.5. The van der Waals surface area contributed by atoms with Crippen LogP contribution in [0.5, 0.6) is 5.75 Å². The predicted molar refractivity (Wildman–Crippen MR) is 113 cm³/mol. The fourth-order valence-electron chi connectivity index (χ4n) is 5.26. The van der Waals surface area contributed by atoms with Crippen LogP contribution in [0, 0.1) is 5.92 Å². The van der Waals surface area contributed by atoms with Crippen LogP contribution in [0.25, 0.3) is 0 Å². The van der Waals surface area contributed by atoms with Crippen LogP contribution in [0.3, 0.4) is 0 Å². The third-order valence-corrected chi connectivity index (χ3v) is 6.75. The molecule has 6 heteroatoms. The van der Waals surface area contributed by atoms with Crippen LogP contribution < -0.4 is 10.1 Å². The summed E-state index contributed by atoms with van der Waals surface area (Å²) >= 11 is 0. The topological polar surface area (TPSA) is 82.0 Å². The minimum Gasteiger partial charge on any atom is -0.490 e. The first-order valence-electron chi connectivity index (χ1n) is 10.8. The molecule has 4 atom stereocenters. The lowest BCUT2D eigenvalue weighted by atomic mass is 9.95. The molecule has 1 amide bonds. The van der Waals surface area contributed by atoms with Crippen LogP contribution in [0.4, 0.5) is 5.69 Å². The van der Waals surface area contributed by atoms with E-state index in [1.807, 2.05) is 48.5 Å². The predicted octanol–water partition coefficient (Wildman–Crippen LogP) is 2.51. The first-order valence-corrected chi connectivity index (χ1v) is 10.8. The molecule has 0 radical (unpaired) electrons. The smallest absolute Gasteiger partial charge is 0.224 e. The molecule has 1 saturated heterocycles. The molecule has 3 N–H and O–H groups in total. The Bertz CT molecular complexity index is 934. The Balaban J connectivity index is 1.19. The van der Waals surface area contributed by atoms with E-state index < -0.39 is 11.7 Å². The molecular formula is C24H28N2O4. The van der Waals surface area contributed by atoms with Gasteiger partial charge in [-0.2, -0.15) is 0 Å². The average Bonchev–Trinajstić information content (AvgIpc) is 3.18. The van der Waals surface area contributed by atoms with Gasteiger partial charge in [-0.1, -0.05) is 30.3 Å². The van der Waals surface area contributed by atoms with Crippen LogP contribution in [0.15, 0.2) is 48.5 Å². The number of rotatable bonds is 5. The van der Waals surface area contributed by atoms with Gasteiger partial charge in [0.15, 0.2) is 0 Å². The summed E-state index contributed by atoms with van der Waals surface area (Å²) in [5.74, 6) is 1.06. The zero-order chi connectivity index (χ0) is 20.7. The molecule has 0 spiro atoms. The van der Waals surface area contributed by atoms with E-state index in [1.54, 1.807) is 0 Å². The minimum atomic E-state index is -0.751. The standard InChI is InChI=1S/C24H28N2O4/c27-22(17-6-8-21-16(10-17)7-9-23(28)25-21)14-26-13-18-11-20(12-24(18,29)15-26)30-19-4-2-1-3-5-19/h1-6,8,10,18,20,22,27,29H,7,9,11-15H2,(H,25,28)/t18-,20+,22+,24-/m1/s1. The SMILES string of the molecule is O=C1CCc2cc([C@@H](O)CN3C[C@H]4C[C@H](Oc5ccccc5)C[C@@]4(O)C3)ccc2N1. The Kier molecular flexibility index (Phi) is 5.01. The van der Waals surface area contributed by atoms with Gasteiger partial charge in [0.25, 0.3) is 0 Å². The van der Waals surface area contributed by atoms with E-state index in [1.165, 1.54) is 0 Å². The molecule has 158 valence electrons. The molecule has 2 fully saturated rings. The molecule has 30 heavy (non-hydrogen) atoms. The van der Waals surface area contributed by atoms with Gasteiger partial charge < -0.3 is 20.3 Å². The van der Waals surface area contributed by atoms with E-state index in [0.29, 0.717) is 32.4 Å². The Morgan fingerprint density at radius 1 is 1.20 bits per heavy atom. The number of para-hydroxylation sites is 1. The number of aryl methyl sites for hydroxylation is 1. The Labute approximate surface area is 176 Å². The van der Waals surface area contributed by atoms with Gasteiger partial charge in [0, 0.05) is 44.1 Å². The summed E-state index contributed by atoms with van der Waals surface area (Å²) in [6.45, 7) is 1.82. The number of carbonyl (C=O) groups excluding carboxylic acids is 1. The number of β-amino-alcohol motifs (C(OH)–C–C–N with tert-alkyl or cyclic N) is 2. The fourth-order valence-corrected chi connectivity index (χ4v) is 5.26. The normalized spacial score (nSPS) is 29.2. The van der Waals surface area contributed by atoms with Crippen molar-refractivity contribution in [3.05, 3.63) is 59.7 Å². The van der Waals surface area contributed by atoms with Gasteiger partial charge in [-0.15, -0.1) is 0 Å². The van der Waals surface area contributed by atoms with Crippen molar-refractivity contribution >= 4 is 11.6 Å². The molecule has 2 aromatic carbocycles. The molecule has 6 nitrogen and oxygen atoms in total. The number of benzene rings is 2. The molecule has 2 aromatic rings. The minimum absolute atomic E-state index is 0.0327. The maximum Gasteiger partial charge on any atom is 0.224 e. The Morgan fingerprint density at radius 2 is 2.03 bits per heavy atom. The van der Waals surface area contributed by atoms with Crippen LogP contribution in [0.1, 0.15) is 36.5 Å².